The molecule has 1 saturated heterocycles. The summed E-state index contributed by atoms with van der Waals surface area (Å²) in [6.45, 7) is 1.75. The first-order valence-electron chi connectivity index (χ1n) is 10.3. The predicted octanol–water partition coefficient (Wildman–Crippen LogP) is 2.68. The summed E-state index contributed by atoms with van der Waals surface area (Å²) in [6, 6.07) is 17.2. The van der Waals surface area contributed by atoms with Crippen molar-refractivity contribution < 1.29 is 19.1 Å². The van der Waals surface area contributed by atoms with E-state index < -0.39 is 0 Å². The van der Waals surface area contributed by atoms with Gasteiger partial charge in [-0.2, -0.15) is 5.10 Å². The zero-order chi connectivity index (χ0) is 21.6. The Morgan fingerprint density at radius 1 is 1.03 bits per heavy atom. The zero-order valence-corrected chi connectivity index (χ0v) is 17.1. The molecule has 1 N–H and O–H groups in total. The second-order valence-corrected chi connectivity index (χ2v) is 7.39. The lowest BCUT2D eigenvalue weighted by molar-refractivity contribution is -0.133. The van der Waals surface area contributed by atoms with Gasteiger partial charge in [-0.25, -0.2) is 9.80 Å². The van der Waals surface area contributed by atoms with E-state index in [0.717, 1.165) is 22.5 Å². The molecule has 0 spiro atoms. The van der Waals surface area contributed by atoms with Crippen LogP contribution in [-0.2, 0) is 20.9 Å². The molecule has 31 heavy (non-hydrogen) atoms. The molecule has 0 saturated carbocycles. The summed E-state index contributed by atoms with van der Waals surface area (Å²) in [6.07, 6.45) is 0.559. The van der Waals surface area contributed by atoms with E-state index in [1.54, 1.807) is 4.90 Å². The van der Waals surface area contributed by atoms with E-state index in [0.29, 0.717) is 32.7 Å². The number of hydrazone groups is 1. The molecule has 160 valence electrons. The summed E-state index contributed by atoms with van der Waals surface area (Å²) in [5, 5.41) is 8.69. The lowest BCUT2D eigenvalue weighted by Gasteiger charge is -2.14. The van der Waals surface area contributed by atoms with Crippen LogP contribution >= 0.6 is 0 Å². The van der Waals surface area contributed by atoms with E-state index in [1.807, 2.05) is 54.6 Å². The molecule has 0 atom stereocenters. The first-order valence-corrected chi connectivity index (χ1v) is 10.3. The molecule has 3 amide bonds. The van der Waals surface area contributed by atoms with E-state index in [2.05, 4.69) is 10.4 Å². The highest BCUT2D eigenvalue weighted by Crippen LogP contribution is 2.20. The summed E-state index contributed by atoms with van der Waals surface area (Å²) in [7, 11) is 0. The minimum Gasteiger partial charge on any atom is -0.447 e. The molecule has 2 aromatic carbocycles. The van der Waals surface area contributed by atoms with Crippen LogP contribution in [-0.4, -0.2) is 48.3 Å². The number of benzene rings is 2. The molecule has 0 aliphatic carbocycles. The van der Waals surface area contributed by atoms with Crippen LogP contribution in [0.1, 0.15) is 30.4 Å². The predicted molar refractivity (Wildman–Crippen MR) is 116 cm³/mol. The fourth-order valence-corrected chi connectivity index (χ4v) is 3.57. The third-order valence-corrected chi connectivity index (χ3v) is 5.24. The van der Waals surface area contributed by atoms with E-state index in [9.17, 15) is 14.4 Å². The molecule has 0 unspecified atom stereocenters. The first-order chi connectivity index (χ1) is 15.1. The molecule has 0 radical (unpaired) electrons. The molecular formula is C23H24N4O4. The van der Waals surface area contributed by atoms with Gasteiger partial charge in [-0.1, -0.05) is 42.5 Å². The number of rotatable bonds is 7. The topological polar surface area (TPSA) is 91.3 Å². The molecular weight excluding hydrogens is 396 g/mol. The van der Waals surface area contributed by atoms with Crippen LogP contribution in [0.2, 0.25) is 0 Å². The van der Waals surface area contributed by atoms with Gasteiger partial charge in [0.2, 0.25) is 11.8 Å². The number of hydrogen-bond acceptors (Lipinski definition) is 5. The van der Waals surface area contributed by atoms with Crippen molar-refractivity contribution in [1.82, 2.24) is 10.3 Å². The molecule has 1 fully saturated rings. The molecule has 8 heteroatoms. The van der Waals surface area contributed by atoms with Crippen LogP contribution in [0.15, 0.2) is 59.7 Å². The maximum absolute atomic E-state index is 12.4. The zero-order valence-electron chi connectivity index (χ0n) is 17.1. The van der Waals surface area contributed by atoms with E-state index in [-0.39, 0.29) is 30.7 Å². The molecule has 8 nitrogen and oxygen atoms in total. The first kappa shape index (κ1) is 20.6. The van der Waals surface area contributed by atoms with E-state index in [1.165, 1.54) is 5.01 Å². The molecule has 2 aromatic rings. The maximum atomic E-state index is 12.4. The van der Waals surface area contributed by atoms with Crippen LogP contribution in [0.4, 0.5) is 10.5 Å². The highest BCUT2D eigenvalue weighted by atomic mass is 16.6. The fourth-order valence-electron chi connectivity index (χ4n) is 3.57. The summed E-state index contributed by atoms with van der Waals surface area (Å²) in [5.41, 5.74) is 3.51. The van der Waals surface area contributed by atoms with Crippen molar-refractivity contribution in [2.24, 2.45) is 5.10 Å². The third-order valence-electron chi connectivity index (χ3n) is 5.24. The summed E-state index contributed by atoms with van der Waals surface area (Å²) in [4.78, 5) is 37.9. The van der Waals surface area contributed by atoms with E-state index in [4.69, 9.17) is 4.74 Å². The van der Waals surface area contributed by atoms with Crippen molar-refractivity contribution in [2.45, 2.75) is 25.8 Å². The monoisotopic (exact) mass is 420 g/mol. The largest absolute Gasteiger partial charge is 0.447 e. The number of cyclic esters (lactones) is 1. The quantitative estimate of drug-likeness (QED) is 0.746. The standard InChI is InChI=1S/C23H24N4O4/c28-21(24-16-17-5-4-8-19(15-17)26-13-14-31-23(26)30)9-10-22(29)27-12-11-20(25-27)18-6-2-1-3-7-18/h1-8,15H,9-14,16H2,(H,24,28). The normalized spacial score (nSPS) is 15.6. The maximum Gasteiger partial charge on any atom is 0.414 e. The lowest BCUT2D eigenvalue weighted by Crippen LogP contribution is -2.28. The summed E-state index contributed by atoms with van der Waals surface area (Å²) < 4.78 is 4.96. The van der Waals surface area contributed by atoms with Crippen molar-refractivity contribution in [2.75, 3.05) is 24.6 Å². The number of nitrogens with one attached hydrogen (secondary N) is 1. The van der Waals surface area contributed by atoms with Gasteiger partial charge >= 0.3 is 6.09 Å². The van der Waals surface area contributed by atoms with Crippen molar-refractivity contribution in [3.8, 4) is 0 Å². The van der Waals surface area contributed by atoms with Gasteiger partial charge in [0.05, 0.1) is 18.8 Å². The Morgan fingerprint density at radius 2 is 1.87 bits per heavy atom. The Kier molecular flexibility index (Phi) is 6.26. The number of hydrogen-bond donors (Lipinski definition) is 1. The van der Waals surface area contributed by atoms with Crippen molar-refractivity contribution in [3.63, 3.8) is 0 Å². The molecule has 2 aliphatic heterocycles. The third kappa shape index (κ3) is 5.09. The van der Waals surface area contributed by atoms with Gasteiger partial charge in [0.1, 0.15) is 6.61 Å². The van der Waals surface area contributed by atoms with Crippen LogP contribution < -0.4 is 10.2 Å². The van der Waals surface area contributed by atoms with Gasteiger partial charge in [0.25, 0.3) is 0 Å². The smallest absolute Gasteiger partial charge is 0.414 e. The second kappa shape index (κ2) is 9.42. The number of amides is 3. The molecule has 4 rings (SSSR count). The van der Waals surface area contributed by atoms with Crippen molar-refractivity contribution in [1.29, 1.82) is 0 Å². The lowest BCUT2D eigenvalue weighted by atomic mass is 10.1. The number of carbonyl (C=O) groups is 3. The highest BCUT2D eigenvalue weighted by molar-refractivity contribution is 6.02. The van der Waals surface area contributed by atoms with Crippen LogP contribution in [0, 0.1) is 0 Å². The van der Waals surface area contributed by atoms with Gasteiger partial charge in [0.15, 0.2) is 0 Å². The Balaban J connectivity index is 1.24. The van der Waals surface area contributed by atoms with Gasteiger partial charge in [-0.05, 0) is 23.3 Å². The average Bonchev–Trinajstić information content (AvgIpc) is 3.46. The molecule has 2 aliphatic rings. The minimum absolute atomic E-state index is 0.101. The SMILES string of the molecule is O=C(CCC(=O)N1CCC(c2ccccc2)=N1)NCc1cccc(N2CCOC2=O)c1. The van der Waals surface area contributed by atoms with Gasteiger partial charge in [0, 0.05) is 31.5 Å². The van der Waals surface area contributed by atoms with Crippen molar-refractivity contribution in [3.05, 3.63) is 65.7 Å². The second-order valence-electron chi connectivity index (χ2n) is 7.39. The van der Waals surface area contributed by atoms with E-state index >= 15 is 0 Å². The van der Waals surface area contributed by atoms with Crippen LogP contribution in [0.25, 0.3) is 0 Å². The number of anilines is 1. The van der Waals surface area contributed by atoms with Crippen LogP contribution in [0.5, 0.6) is 0 Å². The Hall–Kier alpha value is -3.68. The Labute approximate surface area is 180 Å². The summed E-state index contributed by atoms with van der Waals surface area (Å²) in [5.74, 6) is -0.360. The summed E-state index contributed by atoms with van der Waals surface area (Å²) >= 11 is 0. The number of nitrogens with zero attached hydrogens (tertiary/aromatic N) is 3. The highest BCUT2D eigenvalue weighted by Gasteiger charge is 2.24. The van der Waals surface area contributed by atoms with Crippen molar-refractivity contribution >= 4 is 29.3 Å². The molecule has 2 heterocycles. The average molecular weight is 420 g/mol. The van der Waals surface area contributed by atoms with Crippen LogP contribution in [0.3, 0.4) is 0 Å². The van der Waals surface area contributed by atoms with Gasteiger partial charge in [-0.3, -0.25) is 14.5 Å². The van der Waals surface area contributed by atoms with Gasteiger partial charge in [-0.15, -0.1) is 0 Å². The number of ether oxygens (including phenoxy) is 1. The van der Waals surface area contributed by atoms with Gasteiger partial charge < -0.3 is 10.1 Å². The fraction of sp³-hybridized carbons (Fsp3) is 0.304. The molecule has 0 aromatic heterocycles. The Bertz CT molecular complexity index is 1010. The minimum atomic E-state index is -0.361. The number of carbonyl (C=O) groups excluding carboxylic acids is 3. The molecule has 0 bridgehead atoms. The Morgan fingerprint density at radius 3 is 2.65 bits per heavy atom.